The van der Waals surface area contributed by atoms with Gasteiger partial charge < -0.3 is 5.32 Å². The molecule has 112 valence electrons. The molecule has 0 radical (unpaired) electrons. The summed E-state index contributed by atoms with van der Waals surface area (Å²) in [6, 6.07) is 14.8. The fraction of sp³-hybridized carbons (Fsp3) is 0.294. The molecule has 21 heavy (non-hydrogen) atoms. The largest absolute Gasteiger partial charge is 0.309 e. The SMILES string of the molecule is CCCNC(CSc1ccc(Cl)cc1)c1ccc(F)cc1. The van der Waals surface area contributed by atoms with Crippen LogP contribution in [-0.4, -0.2) is 12.3 Å². The van der Waals surface area contributed by atoms with Gasteiger partial charge in [-0.2, -0.15) is 0 Å². The first kappa shape index (κ1) is 16.3. The van der Waals surface area contributed by atoms with Crippen LogP contribution in [0.2, 0.25) is 5.02 Å². The van der Waals surface area contributed by atoms with Crippen molar-refractivity contribution in [1.82, 2.24) is 5.32 Å². The van der Waals surface area contributed by atoms with Gasteiger partial charge in [0, 0.05) is 21.7 Å². The Hall–Kier alpha value is -1.03. The molecule has 2 aromatic carbocycles. The van der Waals surface area contributed by atoms with Crippen LogP contribution in [0.1, 0.15) is 24.9 Å². The van der Waals surface area contributed by atoms with Crippen molar-refractivity contribution in [2.45, 2.75) is 24.3 Å². The predicted molar refractivity (Wildman–Crippen MR) is 89.6 cm³/mol. The fourth-order valence-corrected chi connectivity index (χ4v) is 3.12. The summed E-state index contributed by atoms with van der Waals surface area (Å²) in [5, 5.41) is 4.27. The van der Waals surface area contributed by atoms with E-state index < -0.39 is 0 Å². The van der Waals surface area contributed by atoms with Crippen molar-refractivity contribution >= 4 is 23.4 Å². The molecular weight excluding hydrogens is 305 g/mol. The maximum absolute atomic E-state index is 13.1. The van der Waals surface area contributed by atoms with E-state index in [1.807, 2.05) is 36.4 Å². The van der Waals surface area contributed by atoms with E-state index in [1.165, 1.54) is 17.0 Å². The molecule has 0 saturated carbocycles. The number of nitrogens with one attached hydrogen (secondary N) is 1. The van der Waals surface area contributed by atoms with Gasteiger partial charge in [0.1, 0.15) is 5.82 Å². The number of hydrogen-bond acceptors (Lipinski definition) is 2. The van der Waals surface area contributed by atoms with E-state index in [0.29, 0.717) is 0 Å². The highest BCUT2D eigenvalue weighted by atomic mass is 35.5. The topological polar surface area (TPSA) is 12.0 Å². The van der Waals surface area contributed by atoms with Crippen LogP contribution in [0.25, 0.3) is 0 Å². The quantitative estimate of drug-likeness (QED) is 0.693. The van der Waals surface area contributed by atoms with E-state index in [4.69, 9.17) is 11.6 Å². The minimum atomic E-state index is -0.196. The monoisotopic (exact) mass is 323 g/mol. The van der Waals surface area contributed by atoms with Crippen molar-refractivity contribution in [3.63, 3.8) is 0 Å². The van der Waals surface area contributed by atoms with Gasteiger partial charge in [-0.3, -0.25) is 0 Å². The maximum atomic E-state index is 13.1. The fourth-order valence-electron chi connectivity index (χ4n) is 2.00. The van der Waals surface area contributed by atoms with Crippen LogP contribution in [0.3, 0.4) is 0 Å². The molecule has 0 spiro atoms. The van der Waals surface area contributed by atoms with Crippen LogP contribution in [0.5, 0.6) is 0 Å². The predicted octanol–water partition coefficient (Wildman–Crippen LogP) is 5.31. The van der Waals surface area contributed by atoms with Crippen LogP contribution in [0, 0.1) is 5.82 Å². The molecule has 0 aliphatic rings. The molecule has 0 fully saturated rings. The van der Waals surface area contributed by atoms with Gasteiger partial charge in [-0.15, -0.1) is 11.8 Å². The first-order valence-electron chi connectivity index (χ1n) is 7.06. The lowest BCUT2D eigenvalue weighted by molar-refractivity contribution is 0.574. The van der Waals surface area contributed by atoms with E-state index in [0.717, 1.165) is 29.3 Å². The number of halogens is 2. The van der Waals surface area contributed by atoms with Crippen molar-refractivity contribution in [2.24, 2.45) is 0 Å². The Bertz CT molecular complexity index is 542. The van der Waals surface area contributed by atoms with E-state index in [2.05, 4.69) is 12.2 Å². The summed E-state index contributed by atoms with van der Waals surface area (Å²) in [5.41, 5.74) is 1.12. The summed E-state index contributed by atoms with van der Waals surface area (Å²) in [6.45, 7) is 3.09. The highest BCUT2D eigenvalue weighted by Crippen LogP contribution is 2.26. The third kappa shape index (κ3) is 5.34. The lowest BCUT2D eigenvalue weighted by Gasteiger charge is -2.18. The summed E-state index contributed by atoms with van der Waals surface area (Å²) in [5.74, 6) is 0.700. The Balaban J connectivity index is 2.02. The van der Waals surface area contributed by atoms with E-state index >= 15 is 0 Å². The molecule has 2 rings (SSSR count). The first-order valence-corrected chi connectivity index (χ1v) is 8.42. The standard InChI is InChI=1S/C17H19ClFNS/c1-2-11-20-17(13-3-7-15(19)8-4-13)12-21-16-9-5-14(18)6-10-16/h3-10,17,20H,2,11-12H2,1H3. The highest BCUT2D eigenvalue weighted by Gasteiger charge is 2.11. The van der Waals surface area contributed by atoms with Crippen LogP contribution in [-0.2, 0) is 0 Å². The van der Waals surface area contributed by atoms with Gasteiger partial charge in [-0.1, -0.05) is 30.7 Å². The molecule has 0 aromatic heterocycles. The molecule has 2 aromatic rings. The van der Waals surface area contributed by atoms with Gasteiger partial charge in [0.15, 0.2) is 0 Å². The third-order valence-corrected chi connectivity index (χ3v) is 4.50. The summed E-state index contributed by atoms with van der Waals surface area (Å²) in [6.07, 6.45) is 1.07. The molecule has 0 heterocycles. The summed E-state index contributed by atoms with van der Waals surface area (Å²) >= 11 is 7.67. The summed E-state index contributed by atoms with van der Waals surface area (Å²) in [7, 11) is 0. The number of benzene rings is 2. The minimum Gasteiger partial charge on any atom is -0.309 e. The van der Waals surface area contributed by atoms with Crippen molar-refractivity contribution < 1.29 is 4.39 Å². The van der Waals surface area contributed by atoms with E-state index in [9.17, 15) is 4.39 Å². The molecule has 0 bridgehead atoms. The van der Waals surface area contributed by atoms with Gasteiger partial charge in [-0.25, -0.2) is 4.39 Å². The van der Waals surface area contributed by atoms with Gasteiger partial charge in [0.25, 0.3) is 0 Å². The first-order chi connectivity index (χ1) is 10.2. The highest BCUT2D eigenvalue weighted by molar-refractivity contribution is 7.99. The molecule has 1 atom stereocenters. The van der Waals surface area contributed by atoms with Crippen LogP contribution >= 0.6 is 23.4 Å². The molecule has 0 amide bonds. The van der Waals surface area contributed by atoms with Gasteiger partial charge in [0.2, 0.25) is 0 Å². The molecular formula is C17H19ClFNS. The Morgan fingerprint density at radius 2 is 1.76 bits per heavy atom. The second-order valence-electron chi connectivity index (χ2n) is 4.82. The zero-order valence-corrected chi connectivity index (χ0v) is 13.6. The third-order valence-electron chi connectivity index (χ3n) is 3.14. The van der Waals surface area contributed by atoms with E-state index in [-0.39, 0.29) is 11.9 Å². The summed E-state index contributed by atoms with van der Waals surface area (Å²) in [4.78, 5) is 1.19. The number of thioether (sulfide) groups is 1. The van der Waals surface area contributed by atoms with Crippen molar-refractivity contribution in [1.29, 1.82) is 0 Å². The Morgan fingerprint density at radius 3 is 2.38 bits per heavy atom. The van der Waals surface area contributed by atoms with E-state index in [1.54, 1.807) is 11.8 Å². The molecule has 1 N–H and O–H groups in total. The molecule has 0 saturated heterocycles. The lowest BCUT2D eigenvalue weighted by Crippen LogP contribution is -2.24. The molecule has 1 nitrogen and oxygen atoms in total. The normalized spacial score (nSPS) is 12.3. The minimum absolute atomic E-state index is 0.196. The molecule has 0 aliphatic heterocycles. The average Bonchev–Trinajstić information content (AvgIpc) is 2.50. The maximum Gasteiger partial charge on any atom is 0.123 e. The average molecular weight is 324 g/mol. The smallest absolute Gasteiger partial charge is 0.123 e. The second-order valence-corrected chi connectivity index (χ2v) is 6.35. The second kappa shape index (κ2) is 8.42. The van der Waals surface area contributed by atoms with Gasteiger partial charge >= 0.3 is 0 Å². The summed E-state index contributed by atoms with van der Waals surface area (Å²) < 4.78 is 13.1. The molecule has 0 aliphatic carbocycles. The zero-order valence-electron chi connectivity index (χ0n) is 12.0. The number of hydrogen-bond donors (Lipinski definition) is 1. The van der Waals surface area contributed by atoms with Crippen LogP contribution in [0.4, 0.5) is 4.39 Å². The van der Waals surface area contributed by atoms with Gasteiger partial charge in [-0.05, 0) is 54.9 Å². The van der Waals surface area contributed by atoms with Crippen LogP contribution in [0.15, 0.2) is 53.4 Å². The Labute approximate surface area is 134 Å². The lowest BCUT2D eigenvalue weighted by atomic mass is 10.1. The van der Waals surface area contributed by atoms with Gasteiger partial charge in [0.05, 0.1) is 0 Å². The van der Waals surface area contributed by atoms with Crippen LogP contribution < -0.4 is 5.32 Å². The Morgan fingerprint density at radius 1 is 1.10 bits per heavy atom. The van der Waals surface area contributed by atoms with Crippen molar-refractivity contribution in [3.8, 4) is 0 Å². The molecule has 4 heteroatoms. The van der Waals surface area contributed by atoms with Crippen molar-refractivity contribution in [3.05, 3.63) is 64.9 Å². The zero-order chi connectivity index (χ0) is 15.1. The molecule has 1 unspecified atom stereocenters. The Kier molecular flexibility index (Phi) is 6.55. The number of rotatable bonds is 7. The van der Waals surface area contributed by atoms with Crippen molar-refractivity contribution in [2.75, 3.05) is 12.3 Å².